The molecule has 1 unspecified atom stereocenters. The predicted octanol–water partition coefficient (Wildman–Crippen LogP) is 3.67. The molecule has 3 rings (SSSR count). The van der Waals surface area contributed by atoms with E-state index in [0.717, 1.165) is 43.0 Å². The molecule has 1 amide bonds. The van der Waals surface area contributed by atoms with Gasteiger partial charge in [-0.05, 0) is 32.3 Å². The number of nitrogens with one attached hydrogen (secondary N) is 1. The van der Waals surface area contributed by atoms with E-state index in [2.05, 4.69) is 39.0 Å². The Kier molecular flexibility index (Phi) is 6.06. The second-order valence-corrected chi connectivity index (χ2v) is 6.76. The van der Waals surface area contributed by atoms with Gasteiger partial charge in [-0.2, -0.15) is 5.10 Å². The molecule has 0 radical (unpaired) electrons. The summed E-state index contributed by atoms with van der Waals surface area (Å²) in [7, 11) is 0. The Bertz CT molecular complexity index is 881. The third kappa shape index (κ3) is 4.45. The zero-order chi connectivity index (χ0) is 19.2. The van der Waals surface area contributed by atoms with Crippen molar-refractivity contribution in [1.82, 2.24) is 24.6 Å². The highest BCUT2D eigenvalue weighted by Gasteiger charge is 2.19. The molecule has 6 heteroatoms. The van der Waals surface area contributed by atoms with Crippen molar-refractivity contribution in [3.63, 3.8) is 0 Å². The third-order valence-corrected chi connectivity index (χ3v) is 4.87. The Balaban J connectivity index is 1.76. The van der Waals surface area contributed by atoms with Crippen LogP contribution in [0.25, 0.3) is 0 Å². The lowest BCUT2D eigenvalue weighted by Crippen LogP contribution is -2.29. The number of aryl methyl sites for hydroxylation is 3. The number of carbonyl (C=O) groups is 1. The van der Waals surface area contributed by atoms with Crippen LogP contribution in [-0.4, -0.2) is 25.2 Å². The average molecular weight is 365 g/mol. The molecule has 0 saturated carbocycles. The van der Waals surface area contributed by atoms with Gasteiger partial charge in [-0.1, -0.05) is 37.3 Å². The second-order valence-electron chi connectivity index (χ2n) is 6.76. The zero-order valence-corrected chi connectivity index (χ0v) is 16.2. The van der Waals surface area contributed by atoms with Gasteiger partial charge in [0.05, 0.1) is 17.8 Å². The lowest BCUT2D eigenvalue weighted by molar-refractivity contribution is 0.0933. The van der Waals surface area contributed by atoms with E-state index in [4.69, 9.17) is 0 Å². The number of hydrogen-bond acceptors (Lipinski definition) is 3. The van der Waals surface area contributed by atoms with Gasteiger partial charge in [0.25, 0.3) is 5.91 Å². The molecule has 0 aliphatic rings. The molecule has 27 heavy (non-hydrogen) atoms. The fraction of sp³-hybridized carbons (Fsp3) is 0.381. The summed E-state index contributed by atoms with van der Waals surface area (Å²) in [5, 5.41) is 7.55. The number of amides is 1. The minimum Gasteiger partial charge on any atom is -0.345 e. The third-order valence-electron chi connectivity index (χ3n) is 4.87. The lowest BCUT2D eigenvalue weighted by Gasteiger charge is -2.20. The van der Waals surface area contributed by atoms with E-state index in [0.29, 0.717) is 5.56 Å². The van der Waals surface area contributed by atoms with Crippen LogP contribution in [0.5, 0.6) is 0 Å². The number of nitrogens with zero attached hydrogens (tertiary/aromatic N) is 4. The van der Waals surface area contributed by atoms with E-state index in [-0.39, 0.29) is 11.9 Å². The highest BCUT2D eigenvalue weighted by atomic mass is 16.1. The van der Waals surface area contributed by atoms with Crippen molar-refractivity contribution in [2.45, 2.75) is 52.7 Å². The molecule has 0 aliphatic heterocycles. The number of hydrogen-bond donors (Lipinski definition) is 1. The SMILES string of the molecule is CCCn1ncc(C(=O)NC(CCn2ccnc2C)c2ccccc2)c1C. The molecule has 0 saturated heterocycles. The van der Waals surface area contributed by atoms with Gasteiger partial charge in [0, 0.05) is 31.2 Å². The molecule has 2 aromatic heterocycles. The molecule has 0 bridgehead atoms. The first kappa shape index (κ1) is 18.9. The van der Waals surface area contributed by atoms with Crippen LogP contribution in [0.3, 0.4) is 0 Å². The van der Waals surface area contributed by atoms with Crippen molar-refractivity contribution >= 4 is 5.91 Å². The van der Waals surface area contributed by atoms with Crippen LogP contribution in [0.15, 0.2) is 48.9 Å². The fourth-order valence-electron chi connectivity index (χ4n) is 3.26. The lowest BCUT2D eigenvalue weighted by atomic mass is 10.0. The van der Waals surface area contributed by atoms with Gasteiger partial charge in [-0.25, -0.2) is 4.98 Å². The largest absolute Gasteiger partial charge is 0.345 e. The standard InChI is InChI=1S/C21H27N5O/c1-4-12-26-16(2)19(15-23-26)21(27)24-20(18-8-6-5-7-9-18)10-13-25-14-11-22-17(25)3/h5-9,11,14-15,20H,4,10,12-13H2,1-3H3,(H,24,27). The van der Waals surface area contributed by atoms with Crippen LogP contribution in [0, 0.1) is 13.8 Å². The molecule has 0 aliphatic carbocycles. The summed E-state index contributed by atoms with van der Waals surface area (Å²) >= 11 is 0. The highest BCUT2D eigenvalue weighted by Crippen LogP contribution is 2.19. The first-order chi connectivity index (χ1) is 13.1. The van der Waals surface area contributed by atoms with Gasteiger partial charge in [0.1, 0.15) is 5.82 Å². The van der Waals surface area contributed by atoms with Crippen LogP contribution in [-0.2, 0) is 13.1 Å². The van der Waals surface area contributed by atoms with E-state index in [1.807, 2.05) is 42.9 Å². The summed E-state index contributed by atoms with van der Waals surface area (Å²) in [6, 6.07) is 10.0. The number of rotatable bonds is 8. The van der Waals surface area contributed by atoms with Gasteiger partial charge in [0.2, 0.25) is 0 Å². The Morgan fingerprint density at radius 3 is 2.63 bits per heavy atom. The van der Waals surface area contributed by atoms with E-state index < -0.39 is 0 Å². The topological polar surface area (TPSA) is 64.7 Å². The molecule has 142 valence electrons. The van der Waals surface area contributed by atoms with Crippen LogP contribution in [0.4, 0.5) is 0 Å². The van der Waals surface area contributed by atoms with Crippen molar-refractivity contribution in [3.05, 3.63) is 71.6 Å². The van der Waals surface area contributed by atoms with Gasteiger partial charge in [-0.15, -0.1) is 0 Å². The smallest absolute Gasteiger partial charge is 0.255 e. The molecule has 1 atom stereocenters. The summed E-state index contributed by atoms with van der Waals surface area (Å²) in [5.74, 6) is 0.899. The van der Waals surface area contributed by atoms with Crippen molar-refractivity contribution in [1.29, 1.82) is 0 Å². The van der Waals surface area contributed by atoms with Crippen LogP contribution in [0.2, 0.25) is 0 Å². The zero-order valence-electron chi connectivity index (χ0n) is 16.2. The summed E-state index contributed by atoms with van der Waals surface area (Å²) in [5.41, 5.74) is 2.65. The van der Waals surface area contributed by atoms with Crippen molar-refractivity contribution in [2.75, 3.05) is 0 Å². The predicted molar refractivity (Wildman–Crippen MR) is 105 cm³/mol. The minimum absolute atomic E-state index is 0.0746. The number of carbonyl (C=O) groups excluding carboxylic acids is 1. The van der Waals surface area contributed by atoms with Gasteiger partial charge >= 0.3 is 0 Å². The van der Waals surface area contributed by atoms with Crippen molar-refractivity contribution in [3.8, 4) is 0 Å². The monoisotopic (exact) mass is 365 g/mol. The number of imidazole rings is 1. The highest BCUT2D eigenvalue weighted by molar-refractivity contribution is 5.95. The molecule has 2 heterocycles. The maximum Gasteiger partial charge on any atom is 0.255 e. The summed E-state index contributed by atoms with van der Waals surface area (Å²) in [4.78, 5) is 17.2. The Labute approximate surface area is 160 Å². The summed E-state index contributed by atoms with van der Waals surface area (Å²) in [6.45, 7) is 7.65. The van der Waals surface area contributed by atoms with Gasteiger partial charge in [0.15, 0.2) is 0 Å². The van der Waals surface area contributed by atoms with Gasteiger partial charge < -0.3 is 9.88 Å². The first-order valence-corrected chi connectivity index (χ1v) is 9.46. The second kappa shape index (κ2) is 8.66. The Hall–Kier alpha value is -2.89. The Morgan fingerprint density at radius 1 is 1.19 bits per heavy atom. The van der Waals surface area contributed by atoms with Crippen LogP contribution < -0.4 is 5.32 Å². The normalized spacial score (nSPS) is 12.1. The number of aromatic nitrogens is 4. The molecule has 1 aromatic carbocycles. The van der Waals surface area contributed by atoms with Crippen LogP contribution >= 0.6 is 0 Å². The average Bonchev–Trinajstić information content (AvgIpc) is 3.25. The van der Waals surface area contributed by atoms with Gasteiger partial charge in [-0.3, -0.25) is 9.48 Å². The quantitative estimate of drug-likeness (QED) is 0.662. The first-order valence-electron chi connectivity index (χ1n) is 9.46. The van der Waals surface area contributed by atoms with Crippen molar-refractivity contribution in [2.24, 2.45) is 0 Å². The van der Waals surface area contributed by atoms with E-state index in [1.54, 1.807) is 12.4 Å². The van der Waals surface area contributed by atoms with Crippen molar-refractivity contribution < 1.29 is 4.79 Å². The van der Waals surface area contributed by atoms with E-state index in [9.17, 15) is 4.79 Å². The Morgan fingerprint density at radius 2 is 1.96 bits per heavy atom. The molecule has 1 N–H and O–H groups in total. The summed E-state index contributed by atoms with van der Waals surface area (Å²) < 4.78 is 3.99. The maximum absolute atomic E-state index is 12.9. The van der Waals surface area contributed by atoms with E-state index >= 15 is 0 Å². The molecular weight excluding hydrogens is 338 g/mol. The fourth-order valence-corrected chi connectivity index (χ4v) is 3.26. The molecule has 6 nitrogen and oxygen atoms in total. The molecule has 0 fully saturated rings. The minimum atomic E-state index is -0.0777. The summed E-state index contributed by atoms with van der Waals surface area (Å²) in [6.07, 6.45) is 7.22. The van der Waals surface area contributed by atoms with Crippen LogP contribution in [0.1, 0.15) is 53.2 Å². The maximum atomic E-state index is 12.9. The molecule has 0 spiro atoms. The molecule has 3 aromatic rings. The molecular formula is C21H27N5O. The number of benzene rings is 1. The van der Waals surface area contributed by atoms with E-state index in [1.165, 1.54) is 0 Å².